The quantitative estimate of drug-likeness (QED) is 0.200. The molecule has 0 N–H and O–H groups in total. The summed E-state index contributed by atoms with van der Waals surface area (Å²) in [5, 5.41) is 0.938. The molecule has 0 aromatic heterocycles. The summed E-state index contributed by atoms with van der Waals surface area (Å²) in [6.45, 7) is 14.3. The number of rotatable bonds is 15. The maximum atomic E-state index is 14.9. The lowest BCUT2D eigenvalue weighted by atomic mass is 9.79. The third-order valence-corrected chi connectivity index (χ3v) is 13.3. The Balaban J connectivity index is 1.12. The standard InChI is InChI=1S/C46H58N6O6/c53-43-37-30-35(8-5-17-47-13-1-2-14-47)39-40-38(44(54)51(45(39)55)20-6-18-48-22-26-57-27-23-48)31-36(34-11-9-33(10-12-34)32-50-15-3-4-16-50)42(41(37)40)46(56)52(43)21-7-19-49-24-28-58-29-25-49/h9-12,30-31H,1-8,13-29,32H2. The number of likely N-dealkylation sites (tertiary alicyclic amines) is 2. The van der Waals surface area contributed by atoms with Crippen molar-refractivity contribution in [3.8, 4) is 11.1 Å². The highest BCUT2D eigenvalue weighted by Crippen LogP contribution is 2.44. The minimum atomic E-state index is -0.359. The summed E-state index contributed by atoms with van der Waals surface area (Å²) < 4.78 is 11.1. The van der Waals surface area contributed by atoms with E-state index in [2.05, 4.69) is 31.7 Å². The normalized spacial score (nSPS) is 21.0. The largest absolute Gasteiger partial charge is 0.379 e. The number of amides is 4. The van der Waals surface area contributed by atoms with Gasteiger partial charge in [0.05, 0.1) is 37.6 Å². The molecule has 3 aromatic rings. The predicted octanol–water partition coefficient (Wildman–Crippen LogP) is 4.77. The van der Waals surface area contributed by atoms with E-state index in [0.29, 0.717) is 90.8 Å². The summed E-state index contributed by atoms with van der Waals surface area (Å²) >= 11 is 0. The third-order valence-electron chi connectivity index (χ3n) is 13.3. The Kier molecular flexibility index (Phi) is 12.0. The summed E-state index contributed by atoms with van der Waals surface area (Å²) in [6.07, 6.45) is 7.56. The zero-order valence-corrected chi connectivity index (χ0v) is 34.0. The van der Waals surface area contributed by atoms with Crippen LogP contribution in [0.15, 0.2) is 36.4 Å². The van der Waals surface area contributed by atoms with Crippen LogP contribution in [0, 0.1) is 0 Å². The molecular weight excluding hydrogens is 733 g/mol. The van der Waals surface area contributed by atoms with Gasteiger partial charge < -0.3 is 14.4 Å². The first kappa shape index (κ1) is 39.4. The average molecular weight is 791 g/mol. The van der Waals surface area contributed by atoms with E-state index in [1.54, 1.807) is 0 Å². The van der Waals surface area contributed by atoms with Crippen molar-refractivity contribution in [2.45, 2.75) is 57.9 Å². The van der Waals surface area contributed by atoms with Crippen LogP contribution in [0.3, 0.4) is 0 Å². The van der Waals surface area contributed by atoms with Gasteiger partial charge in [0.1, 0.15) is 0 Å². The SMILES string of the molecule is O=C1c2cc(-c3ccc(CN4CCCC4)cc3)c3c4c(cc(CCCN5CCCC5)c(c24)C(=O)N1CCCN1CCOCC1)C(=O)N(CCCN1CCOCC1)C3=O. The maximum absolute atomic E-state index is 14.9. The van der Waals surface area contributed by atoms with Gasteiger partial charge >= 0.3 is 0 Å². The molecule has 4 amide bonds. The van der Waals surface area contributed by atoms with Crippen LogP contribution < -0.4 is 0 Å². The van der Waals surface area contributed by atoms with Gasteiger partial charge in [-0.05, 0) is 118 Å². The molecule has 6 aliphatic heterocycles. The number of imide groups is 2. The number of nitrogens with zero attached hydrogens (tertiary/aromatic N) is 6. The van der Waals surface area contributed by atoms with E-state index in [-0.39, 0.29) is 30.2 Å². The van der Waals surface area contributed by atoms with Crippen molar-refractivity contribution in [3.05, 3.63) is 69.8 Å². The Morgan fingerprint density at radius 3 is 1.53 bits per heavy atom. The van der Waals surface area contributed by atoms with Crippen molar-refractivity contribution in [2.75, 3.05) is 112 Å². The van der Waals surface area contributed by atoms with Crippen LogP contribution in [0.2, 0.25) is 0 Å². The number of benzene rings is 3. The van der Waals surface area contributed by atoms with Crippen LogP contribution in [-0.2, 0) is 22.4 Å². The van der Waals surface area contributed by atoms with Crippen LogP contribution in [0.4, 0.5) is 0 Å². The molecular formula is C46H58N6O6. The lowest BCUT2D eigenvalue weighted by molar-refractivity contribution is 0.0351. The van der Waals surface area contributed by atoms with E-state index >= 15 is 0 Å². The molecule has 0 spiro atoms. The molecule has 58 heavy (non-hydrogen) atoms. The van der Waals surface area contributed by atoms with E-state index in [9.17, 15) is 19.2 Å². The molecule has 6 heterocycles. The first-order chi connectivity index (χ1) is 28.4. The summed E-state index contributed by atoms with van der Waals surface area (Å²) in [5.74, 6) is -1.38. The number of hydrogen-bond acceptors (Lipinski definition) is 10. The molecule has 4 fully saturated rings. The number of aryl methyl sites for hydroxylation is 1. The van der Waals surface area contributed by atoms with Crippen LogP contribution >= 0.6 is 0 Å². The summed E-state index contributed by atoms with van der Waals surface area (Å²) in [4.78, 5) is 71.5. The van der Waals surface area contributed by atoms with Crippen LogP contribution in [0.1, 0.15) is 97.5 Å². The Hall–Kier alpha value is -4.04. The second-order valence-electron chi connectivity index (χ2n) is 17.0. The average Bonchev–Trinajstić information content (AvgIpc) is 3.98. The molecule has 0 radical (unpaired) electrons. The Bertz CT molecular complexity index is 2030. The third kappa shape index (κ3) is 7.99. The zero-order valence-electron chi connectivity index (χ0n) is 34.0. The summed E-state index contributed by atoms with van der Waals surface area (Å²) in [6, 6.07) is 12.1. The number of ether oxygens (including phenoxy) is 2. The highest BCUT2D eigenvalue weighted by molar-refractivity contribution is 6.35. The topological polar surface area (TPSA) is 106 Å². The van der Waals surface area contributed by atoms with Crippen LogP contribution in [0.5, 0.6) is 0 Å². The van der Waals surface area contributed by atoms with Crippen molar-refractivity contribution < 1.29 is 28.7 Å². The Morgan fingerprint density at radius 1 is 0.466 bits per heavy atom. The number of hydrogen-bond donors (Lipinski definition) is 0. The van der Waals surface area contributed by atoms with E-state index < -0.39 is 0 Å². The van der Waals surface area contributed by atoms with Gasteiger partial charge in [0.15, 0.2) is 0 Å². The lowest BCUT2D eigenvalue weighted by Crippen LogP contribution is -2.46. The fourth-order valence-corrected chi connectivity index (χ4v) is 10.1. The van der Waals surface area contributed by atoms with Crippen molar-refractivity contribution in [1.82, 2.24) is 29.4 Å². The summed E-state index contributed by atoms with van der Waals surface area (Å²) in [5.41, 5.74) is 5.16. The Labute approximate surface area is 342 Å². The summed E-state index contributed by atoms with van der Waals surface area (Å²) in [7, 11) is 0. The number of carbonyl (C=O) groups excluding carboxylic acids is 4. The minimum absolute atomic E-state index is 0.284. The molecule has 0 aliphatic carbocycles. The van der Waals surface area contributed by atoms with Crippen LogP contribution in [0.25, 0.3) is 21.9 Å². The fourth-order valence-electron chi connectivity index (χ4n) is 10.1. The van der Waals surface area contributed by atoms with E-state index in [1.165, 1.54) is 41.0 Å². The van der Waals surface area contributed by atoms with Gasteiger partial charge in [-0.1, -0.05) is 24.3 Å². The lowest BCUT2D eigenvalue weighted by Gasteiger charge is -2.35. The molecule has 6 aliphatic rings. The van der Waals surface area contributed by atoms with E-state index in [0.717, 1.165) is 96.1 Å². The van der Waals surface area contributed by atoms with Gasteiger partial charge in [-0.15, -0.1) is 0 Å². The van der Waals surface area contributed by atoms with Crippen molar-refractivity contribution >= 4 is 34.4 Å². The molecule has 12 nitrogen and oxygen atoms in total. The minimum Gasteiger partial charge on any atom is -0.379 e. The number of morpholine rings is 2. The Morgan fingerprint density at radius 2 is 0.948 bits per heavy atom. The zero-order chi connectivity index (χ0) is 39.6. The van der Waals surface area contributed by atoms with Gasteiger partial charge in [-0.2, -0.15) is 0 Å². The van der Waals surface area contributed by atoms with Crippen molar-refractivity contribution in [3.63, 3.8) is 0 Å². The maximum Gasteiger partial charge on any atom is 0.262 e. The highest BCUT2D eigenvalue weighted by Gasteiger charge is 2.42. The fraction of sp³-hybridized carbons (Fsp3) is 0.565. The first-order valence-electron chi connectivity index (χ1n) is 22.0. The second kappa shape index (κ2) is 17.7. The molecule has 308 valence electrons. The predicted molar refractivity (Wildman–Crippen MR) is 222 cm³/mol. The highest BCUT2D eigenvalue weighted by atomic mass is 16.5. The van der Waals surface area contributed by atoms with Crippen LogP contribution in [-0.4, -0.2) is 165 Å². The van der Waals surface area contributed by atoms with Gasteiger partial charge in [-0.25, -0.2) is 0 Å². The molecule has 3 aromatic carbocycles. The van der Waals surface area contributed by atoms with E-state index in [1.807, 2.05) is 24.3 Å². The van der Waals surface area contributed by atoms with Gasteiger partial charge in [0, 0.05) is 80.8 Å². The second-order valence-corrected chi connectivity index (χ2v) is 17.0. The van der Waals surface area contributed by atoms with Gasteiger partial charge in [0.2, 0.25) is 0 Å². The molecule has 0 unspecified atom stereocenters. The smallest absolute Gasteiger partial charge is 0.262 e. The molecule has 12 heteroatoms. The molecule has 0 atom stereocenters. The molecule has 0 saturated carbocycles. The van der Waals surface area contributed by atoms with Gasteiger partial charge in [0.25, 0.3) is 23.6 Å². The van der Waals surface area contributed by atoms with Crippen molar-refractivity contribution in [1.29, 1.82) is 0 Å². The first-order valence-corrected chi connectivity index (χ1v) is 22.0. The molecule has 0 bridgehead atoms. The molecule has 9 rings (SSSR count). The number of carbonyl (C=O) groups is 4. The van der Waals surface area contributed by atoms with Crippen molar-refractivity contribution in [2.24, 2.45) is 0 Å². The molecule has 4 saturated heterocycles. The van der Waals surface area contributed by atoms with E-state index in [4.69, 9.17) is 9.47 Å². The van der Waals surface area contributed by atoms with Gasteiger partial charge in [-0.3, -0.25) is 43.7 Å². The monoisotopic (exact) mass is 790 g/mol.